The van der Waals surface area contributed by atoms with Gasteiger partial charge in [-0.3, -0.25) is 14.4 Å². The molecule has 0 saturated heterocycles. The number of ether oxygens (including phenoxy) is 3. The van der Waals surface area contributed by atoms with Crippen LogP contribution in [-0.2, 0) is 33.4 Å². The maximum Gasteiger partial charge on any atom is 0.165 e. The number of allylic oxidation sites excluding steroid dienone is 7. The van der Waals surface area contributed by atoms with Crippen LogP contribution in [0.2, 0.25) is 0 Å². The second kappa shape index (κ2) is 45.1. The van der Waals surface area contributed by atoms with Gasteiger partial charge in [-0.2, -0.15) is 0 Å². The average Bonchev–Trinajstić information content (AvgIpc) is 3.29. The first-order valence-electron chi connectivity index (χ1n) is 24.2. The highest BCUT2D eigenvalue weighted by atomic mass is 16.5. The van der Waals surface area contributed by atoms with Gasteiger partial charge in [0.15, 0.2) is 6.29 Å². The van der Waals surface area contributed by atoms with Gasteiger partial charge in [-0.05, 0) is 108 Å². The second-order valence-corrected chi connectivity index (χ2v) is 17.3. The maximum atomic E-state index is 12.8. The quantitative estimate of drug-likeness (QED) is 0.0211. The normalized spacial score (nSPS) is 15.5. The summed E-state index contributed by atoms with van der Waals surface area (Å²) in [5.41, 5.74) is 2.25. The fraction of sp³-hybridized carbons (Fsp3) is 0.741. The number of ketones is 2. The molecule has 0 spiro atoms. The maximum absolute atomic E-state index is 12.8. The van der Waals surface area contributed by atoms with Crippen molar-refractivity contribution in [1.29, 1.82) is 0 Å². The van der Waals surface area contributed by atoms with Gasteiger partial charge in [-0.15, -0.1) is 0 Å². The van der Waals surface area contributed by atoms with E-state index in [4.69, 9.17) is 19.3 Å². The molecule has 10 nitrogen and oxygen atoms in total. The number of hydrogen-bond donors (Lipinski definition) is 2. The molecule has 0 amide bonds. The largest absolute Gasteiger partial charge is 0.400 e. The lowest BCUT2D eigenvalue weighted by atomic mass is 9.87. The molecule has 0 rings (SSSR count). The van der Waals surface area contributed by atoms with Gasteiger partial charge in [0.1, 0.15) is 17.9 Å². The number of carbonyl (C=O) groups is 4. The van der Waals surface area contributed by atoms with E-state index in [1.165, 1.54) is 19.3 Å². The molecule has 0 aliphatic carbocycles. The van der Waals surface area contributed by atoms with Crippen LogP contribution in [0, 0.1) is 29.6 Å². The fourth-order valence-corrected chi connectivity index (χ4v) is 6.92. The Bertz CT molecular complexity index is 1300. The topological polar surface area (TPSA) is 140 Å². The minimum atomic E-state index is -0.840. The third-order valence-electron chi connectivity index (χ3n) is 11.6. The molecule has 0 fully saturated rings. The highest BCUT2D eigenvalue weighted by Crippen LogP contribution is 2.24. The Morgan fingerprint density at radius 3 is 1.91 bits per heavy atom. The first kappa shape index (κ1) is 67.6. The number of aliphatic hydroxyl groups excluding tert-OH is 2. The summed E-state index contributed by atoms with van der Waals surface area (Å²) in [5.74, 6) is 1.43. The van der Waals surface area contributed by atoms with Gasteiger partial charge in [-0.1, -0.05) is 118 Å². The third-order valence-corrected chi connectivity index (χ3v) is 11.6. The summed E-state index contributed by atoms with van der Waals surface area (Å²) in [6.07, 6.45) is 24.1. The zero-order valence-electron chi connectivity index (χ0n) is 43.8. The number of aliphatic hydroxyl groups is 2. The van der Waals surface area contributed by atoms with Crippen LogP contribution in [0.25, 0.3) is 0 Å². The average molecular weight is 906 g/mol. The number of methoxy groups -OCH3 is 2. The lowest BCUT2D eigenvalue weighted by molar-refractivity contribution is -0.124. The van der Waals surface area contributed by atoms with Gasteiger partial charge in [0.25, 0.3) is 0 Å². The lowest BCUT2D eigenvalue weighted by Gasteiger charge is -2.27. The van der Waals surface area contributed by atoms with E-state index in [9.17, 15) is 24.3 Å². The number of rotatable bonds is 34. The summed E-state index contributed by atoms with van der Waals surface area (Å²) < 4.78 is 15.7. The van der Waals surface area contributed by atoms with Crippen LogP contribution >= 0.6 is 0 Å². The van der Waals surface area contributed by atoms with E-state index in [0.717, 1.165) is 83.0 Å². The number of hydrogen-bond acceptors (Lipinski definition) is 10. The Labute approximate surface area is 393 Å². The molecule has 0 aromatic heterocycles. The molecule has 0 aliphatic heterocycles. The second-order valence-electron chi connectivity index (χ2n) is 17.3. The van der Waals surface area contributed by atoms with Crippen molar-refractivity contribution in [2.45, 2.75) is 191 Å². The summed E-state index contributed by atoms with van der Waals surface area (Å²) in [5, 5.41) is 17.6. The molecule has 0 bridgehead atoms. The fourth-order valence-electron chi connectivity index (χ4n) is 6.92. The molecule has 64 heavy (non-hydrogen) atoms. The zero-order valence-corrected chi connectivity index (χ0v) is 43.8. The molecule has 0 aromatic carbocycles. The van der Waals surface area contributed by atoms with E-state index in [1.807, 2.05) is 78.8 Å². The Balaban J connectivity index is -0.000000559. The summed E-state index contributed by atoms with van der Waals surface area (Å²) >= 11 is 0. The van der Waals surface area contributed by atoms with Gasteiger partial charge >= 0.3 is 0 Å². The number of carbonyl (C=O) groups excluding carboxylic acids is 4. The molecule has 10 heteroatoms. The van der Waals surface area contributed by atoms with Crippen molar-refractivity contribution in [3.05, 3.63) is 59.9 Å². The van der Waals surface area contributed by atoms with Crippen molar-refractivity contribution in [1.82, 2.24) is 4.90 Å². The van der Waals surface area contributed by atoms with E-state index >= 15 is 0 Å². The van der Waals surface area contributed by atoms with Crippen LogP contribution < -0.4 is 0 Å². The first-order chi connectivity index (χ1) is 30.4. The lowest BCUT2D eigenvalue weighted by Crippen LogP contribution is -2.35. The summed E-state index contributed by atoms with van der Waals surface area (Å²) in [6, 6.07) is -0.201. The molecule has 2 N–H and O–H groups in total. The van der Waals surface area contributed by atoms with Crippen molar-refractivity contribution in [3.8, 4) is 0 Å². The highest BCUT2D eigenvalue weighted by molar-refractivity contribution is 5.83. The molecule has 0 saturated carbocycles. The molecule has 374 valence electrons. The van der Waals surface area contributed by atoms with Crippen molar-refractivity contribution in [2.24, 2.45) is 29.6 Å². The third kappa shape index (κ3) is 36.2. The van der Waals surface area contributed by atoms with Crippen molar-refractivity contribution in [2.75, 3.05) is 41.1 Å². The van der Waals surface area contributed by atoms with E-state index in [1.54, 1.807) is 19.1 Å². The smallest absolute Gasteiger partial charge is 0.165 e. The molecule has 0 aliphatic rings. The van der Waals surface area contributed by atoms with Crippen LogP contribution in [0.4, 0.5) is 0 Å². The Morgan fingerprint density at radius 1 is 0.781 bits per heavy atom. The van der Waals surface area contributed by atoms with Crippen LogP contribution in [0.15, 0.2) is 59.9 Å². The first-order valence-corrected chi connectivity index (χ1v) is 24.2. The molecule has 0 radical (unpaired) electrons. The van der Waals surface area contributed by atoms with Crippen LogP contribution in [0.3, 0.4) is 0 Å². The molecular formula is C54H99NO9. The molecule has 0 aromatic rings. The summed E-state index contributed by atoms with van der Waals surface area (Å²) in [7, 11) is 4.43. The van der Waals surface area contributed by atoms with Crippen LogP contribution in [0.5, 0.6) is 0 Å². The van der Waals surface area contributed by atoms with Gasteiger partial charge in [0.05, 0.1) is 30.1 Å². The van der Waals surface area contributed by atoms with Gasteiger partial charge in [0, 0.05) is 65.8 Å². The predicted molar refractivity (Wildman–Crippen MR) is 269 cm³/mol. The Kier molecular flexibility index (Phi) is 47.7. The van der Waals surface area contributed by atoms with E-state index in [0.29, 0.717) is 42.5 Å². The summed E-state index contributed by atoms with van der Waals surface area (Å²) in [6.45, 7) is 32.6. The van der Waals surface area contributed by atoms with Gasteiger partial charge in [0.2, 0.25) is 0 Å². The predicted octanol–water partition coefficient (Wildman–Crippen LogP) is 11.7. The Hall–Kier alpha value is -3.02. The SMILES string of the molecule is C=C(C=O)N(CC)[C@H](C=O)CCC.CCC(CC)CC(C)CCC(=O)C(C)/C=C(\C)C(O)CC(=O)[C@H](C)C[C@H](C)/C=C/C=C/C=C(\C)C(C)OC.CCCOC(C)CCCOC.CO. The molecule has 5 unspecified atom stereocenters. The van der Waals surface area contributed by atoms with E-state index in [-0.39, 0.29) is 47.9 Å². The number of likely N-dealkylation sites (N-methyl/N-ethyl adjacent to an activating group) is 1. The Morgan fingerprint density at radius 2 is 1.41 bits per heavy atom. The van der Waals surface area contributed by atoms with E-state index in [2.05, 4.69) is 54.2 Å². The summed E-state index contributed by atoms with van der Waals surface area (Å²) in [4.78, 5) is 48.3. The van der Waals surface area contributed by atoms with Crippen LogP contribution in [0.1, 0.15) is 167 Å². The minimum absolute atomic E-state index is 0.0577. The molecule has 8 atom stereocenters. The van der Waals surface area contributed by atoms with Gasteiger partial charge < -0.3 is 34.1 Å². The molecular weight excluding hydrogens is 807 g/mol. The van der Waals surface area contributed by atoms with Crippen molar-refractivity contribution in [3.63, 3.8) is 0 Å². The minimum Gasteiger partial charge on any atom is -0.400 e. The van der Waals surface area contributed by atoms with Gasteiger partial charge in [-0.25, -0.2) is 0 Å². The standard InChI is InChI=1S/C34H58O4.C10H17NO2.C9H20O2.CH4O/c1-11-31(12-2)21-25(4)18-19-32(35)28(7)22-29(8)34(37)23-33(36)27(6)20-24(3)16-14-13-15-17-26(5)30(9)38-10;1-4-6-10(8-13)11(5-2)9(3)7-12;1-4-7-11-9(2)6-5-8-10-3;1-2/h13-17,22,24-25,27-28,30-31,34,37H,11-12,18-21,23H2,1-10H3;7-8,10H,3-6H2,1-2H3;9H,4-8H2,1-3H3;2H,1H3/b15-13+,16-14+,26-17+,29-22+;;;/t24-,25?,27-,28?,30?,34?;10-;;/m10../s1. The van der Waals surface area contributed by atoms with E-state index < -0.39 is 6.10 Å². The zero-order chi connectivity index (χ0) is 50.0. The molecule has 0 heterocycles. The van der Waals surface area contributed by atoms with Crippen molar-refractivity contribution >= 4 is 24.1 Å². The monoisotopic (exact) mass is 906 g/mol. The number of Topliss-reactive ketones (excluding diaryl/α,β-unsaturated/α-hetero) is 2. The van der Waals surface area contributed by atoms with Crippen molar-refractivity contribution < 1.29 is 43.6 Å². The number of aldehydes is 2. The van der Waals surface area contributed by atoms with Crippen LogP contribution in [-0.4, -0.2) is 105 Å². The highest BCUT2D eigenvalue weighted by Gasteiger charge is 2.21. The number of nitrogens with zero attached hydrogens (tertiary/aromatic N) is 1.